The van der Waals surface area contributed by atoms with Gasteiger partial charge in [-0.15, -0.1) is 0 Å². The molecule has 0 aliphatic carbocycles. The van der Waals surface area contributed by atoms with Gasteiger partial charge in [-0.25, -0.2) is 0 Å². The van der Waals surface area contributed by atoms with E-state index in [1.807, 2.05) is 12.1 Å². The summed E-state index contributed by atoms with van der Waals surface area (Å²) in [5.74, 6) is 0. The van der Waals surface area contributed by atoms with Crippen LogP contribution >= 0.6 is 0 Å². The molecule has 0 amide bonds. The van der Waals surface area contributed by atoms with E-state index in [0.717, 1.165) is 50.1 Å². The molecule has 0 aliphatic rings. The summed E-state index contributed by atoms with van der Waals surface area (Å²) in [6, 6.07) is 85.5. The van der Waals surface area contributed by atoms with Crippen LogP contribution in [-0.2, 0) is 0 Å². The second-order valence-corrected chi connectivity index (χ2v) is 16.1. The Morgan fingerprint density at radius 1 is 0.258 bits per heavy atom. The molecule has 0 bridgehead atoms. The van der Waals surface area contributed by atoms with Crippen LogP contribution in [0.15, 0.2) is 241 Å². The van der Waals surface area contributed by atoms with Crippen molar-refractivity contribution in [3.63, 3.8) is 0 Å². The lowest BCUT2D eigenvalue weighted by Crippen LogP contribution is -2.10. The highest BCUT2D eigenvalue weighted by Gasteiger charge is 2.17. The number of nitrogens with zero attached hydrogens (tertiary/aromatic N) is 1. The van der Waals surface area contributed by atoms with Gasteiger partial charge in [-0.2, -0.15) is 0 Å². The van der Waals surface area contributed by atoms with E-state index in [0.29, 0.717) is 0 Å². The van der Waals surface area contributed by atoms with Crippen LogP contribution in [0.2, 0.25) is 0 Å². The zero-order valence-electron chi connectivity index (χ0n) is 33.9. The van der Waals surface area contributed by atoms with E-state index >= 15 is 0 Å². The predicted octanol–water partition coefficient (Wildman–Crippen LogP) is 17.2. The number of benzene rings is 11. The van der Waals surface area contributed by atoms with Gasteiger partial charge in [0.1, 0.15) is 11.2 Å². The third-order valence-corrected chi connectivity index (χ3v) is 12.5. The number of rotatable bonds is 7. The van der Waals surface area contributed by atoms with Crippen LogP contribution in [0.4, 0.5) is 17.1 Å². The summed E-state index contributed by atoms with van der Waals surface area (Å²) in [5.41, 5.74) is 14.5. The Labute approximate surface area is 360 Å². The van der Waals surface area contributed by atoms with E-state index < -0.39 is 0 Å². The maximum absolute atomic E-state index is 6.26. The quantitative estimate of drug-likeness (QED) is 0.150. The van der Waals surface area contributed by atoms with Gasteiger partial charge in [0.15, 0.2) is 0 Å². The van der Waals surface area contributed by atoms with Crippen LogP contribution in [0.3, 0.4) is 0 Å². The summed E-state index contributed by atoms with van der Waals surface area (Å²) < 4.78 is 6.26. The van der Waals surface area contributed by atoms with Crippen LogP contribution in [0, 0.1) is 0 Å². The zero-order chi connectivity index (χ0) is 41.0. The van der Waals surface area contributed by atoms with Crippen molar-refractivity contribution < 1.29 is 4.42 Å². The molecule has 0 radical (unpaired) electrons. The van der Waals surface area contributed by atoms with E-state index in [1.165, 1.54) is 65.7 Å². The Bertz CT molecular complexity index is 3610. The third-order valence-electron chi connectivity index (χ3n) is 12.5. The van der Waals surface area contributed by atoms with E-state index in [-0.39, 0.29) is 0 Å². The normalized spacial score (nSPS) is 11.5. The van der Waals surface area contributed by atoms with Crippen molar-refractivity contribution >= 4 is 71.3 Å². The second kappa shape index (κ2) is 14.8. The molecule has 2 nitrogen and oxygen atoms in total. The lowest BCUT2D eigenvalue weighted by Gasteiger charge is -2.26. The van der Waals surface area contributed by atoms with Gasteiger partial charge in [0.05, 0.1) is 0 Å². The first-order valence-electron chi connectivity index (χ1n) is 21.2. The standard InChI is InChI=1S/C60H39NO/c1-3-15-52-42(10-1)12-8-18-54(52)44-24-22-40(23-25-44)41-28-33-49(34-29-41)61(50-35-30-45(31-36-50)56-19-9-21-59-60(56)57-17-5-6-20-58(57)62-59)51-14-7-13-46(39-51)47-32-37-55-48(38-47)27-26-43-11-2-4-16-53(43)55/h1-39H. The summed E-state index contributed by atoms with van der Waals surface area (Å²) in [6.07, 6.45) is 0. The molecule has 1 heterocycles. The Hall–Kier alpha value is -8.20. The minimum atomic E-state index is 0.899. The number of hydrogen-bond acceptors (Lipinski definition) is 2. The number of para-hydroxylation sites is 1. The molecule has 0 atom stereocenters. The minimum Gasteiger partial charge on any atom is -0.456 e. The van der Waals surface area contributed by atoms with Crippen molar-refractivity contribution in [1.82, 2.24) is 0 Å². The molecule has 12 rings (SSSR count). The summed E-state index contributed by atoms with van der Waals surface area (Å²) >= 11 is 0. The largest absolute Gasteiger partial charge is 0.456 e. The van der Waals surface area contributed by atoms with E-state index in [9.17, 15) is 0 Å². The molecule has 11 aromatic carbocycles. The van der Waals surface area contributed by atoms with Crippen molar-refractivity contribution in [1.29, 1.82) is 0 Å². The van der Waals surface area contributed by atoms with Gasteiger partial charge in [-0.1, -0.05) is 182 Å². The van der Waals surface area contributed by atoms with Gasteiger partial charge in [0.25, 0.3) is 0 Å². The molecule has 0 N–H and O–H groups in total. The molecule has 62 heavy (non-hydrogen) atoms. The molecular formula is C60H39NO. The average molecular weight is 790 g/mol. The SMILES string of the molecule is c1cc(-c2ccc3c(ccc4ccccc43)c2)cc(N(c2ccc(-c3ccc(-c4cccc5ccccc45)cc3)cc2)c2ccc(-c3cccc4oc5ccccc5c34)cc2)c1. The van der Waals surface area contributed by atoms with Gasteiger partial charge in [-0.05, 0) is 131 Å². The third kappa shape index (κ3) is 6.20. The highest BCUT2D eigenvalue weighted by atomic mass is 16.3. The first-order chi connectivity index (χ1) is 30.7. The number of fused-ring (bicyclic) bond motifs is 7. The van der Waals surface area contributed by atoms with Crippen LogP contribution in [-0.4, -0.2) is 0 Å². The molecular weight excluding hydrogens is 751 g/mol. The summed E-state index contributed by atoms with van der Waals surface area (Å²) in [6.45, 7) is 0. The Balaban J connectivity index is 0.928. The lowest BCUT2D eigenvalue weighted by molar-refractivity contribution is 0.669. The van der Waals surface area contributed by atoms with Crippen molar-refractivity contribution in [2.75, 3.05) is 4.90 Å². The highest BCUT2D eigenvalue weighted by molar-refractivity contribution is 6.12. The van der Waals surface area contributed by atoms with E-state index in [1.54, 1.807) is 0 Å². The van der Waals surface area contributed by atoms with E-state index in [4.69, 9.17) is 4.42 Å². The molecule has 0 saturated heterocycles. The summed E-state index contributed by atoms with van der Waals surface area (Å²) in [4.78, 5) is 2.36. The van der Waals surface area contributed by atoms with Gasteiger partial charge in [0.2, 0.25) is 0 Å². The zero-order valence-corrected chi connectivity index (χ0v) is 33.9. The monoisotopic (exact) mass is 789 g/mol. The molecule has 0 saturated carbocycles. The fraction of sp³-hybridized carbons (Fsp3) is 0. The molecule has 0 unspecified atom stereocenters. The Morgan fingerprint density at radius 2 is 0.758 bits per heavy atom. The highest BCUT2D eigenvalue weighted by Crippen LogP contribution is 2.41. The van der Waals surface area contributed by atoms with Gasteiger partial charge in [0, 0.05) is 27.8 Å². The number of hydrogen-bond donors (Lipinski definition) is 0. The van der Waals surface area contributed by atoms with Gasteiger partial charge in [-0.3, -0.25) is 0 Å². The van der Waals surface area contributed by atoms with Crippen molar-refractivity contribution in [2.24, 2.45) is 0 Å². The van der Waals surface area contributed by atoms with Crippen LogP contribution in [0.25, 0.3) is 98.8 Å². The molecule has 2 heteroatoms. The van der Waals surface area contributed by atoms with Crippen molar-refractivity contribution in [3.05, 3.63) is 237 Å². The van der Waals surface area contributed by atoms with Gasteiger partial charge < -0.3 is 9.32 Å². The fourth-order valence-electron chi connectivity index (χ4n) is 9.39. The Kier molecular flexibility index (Phi) is 8.53. The van der Waals surface area contributed by atoms with Crippen LogP contribution in [0.1, 0.15) is 0 Å². The van der Waals surface area contributed by atoms with Crippen LogP contribution < -0.4 is 4.90 Å². The predicted molar refractivity (Wildman–Crippen MR) is 263 cm³/mol. The number of furan rings is 1. The first-order valence-corrected chi connectivity index (χ1v) is 21.2. The molecule has 290 valence electrons. The fourth-order valence-corrected chi connectivity index (χ4v) is 9.39. The lowest BCUT2D eigenvalue weighted by atomic mass is 9.96. The second-order valence-electron chi connectivity index (χ2n) is 16.1. The van der Waals surface area contributed by atoms with Crippen molar-refractivity contribution in [3.8, 4) is 44.5 Å². The molecule has 0 fully saturated rings. The summed E-state index contributed by atoms with van der Waals surface area (Å²) in [5, 5.41) is 9.84. The molecule has 1 aromatic heterocycles. The van der Waals surface area contributed by atoms with E-state index in [2.05, 4.69) is 229 Å². The smallest absolute Gasteiger partial charge is 0.136 e. The Morgan fingerprint density at radius 3 is 1.55 bits per heavy atom. The van der Waals surface area contributed by atoms with Crippen LogP contribution in [0.5, 0.6) is 0 Å². The first kappa shape index (κ1) is 35.7. The maximum atomic E-state index is 6.26. The molecule has 0 spiro atoms. The van der Waals surface area contributed by atoms with Crippen molar-refractivity contribution in [2.45, 2.75) is 0 Å². The molecule has 12 aromatic rings. The number of anilines is 3. The molecule has 0 aliphatic heterocycles. The summed E-state index contributed by atoms with van der Waals surface area (Å²) in [7, 11) is 0. The maximum Gasteiger partial charge on any atom is 0.136 e. The topological polar surface area (TPSA) is 16.4 Å². The average Bonchev–Trinajstić information content (AvgIpc) is 3.74. The minimum absolute atomic E-state index is 0.899. The van der Waals surface area contributed by atoms with Gasteiger partial charge >= 0.3 is 0 Å².